The normalized spacial score (nSPS) is 23.2. The Morgan fingerprint density at radius 2 is 1.48 bits per heavy atom. The number of benzene rings is 2. The molecule has 3 heterocycles. The first-order valence-corrected chi connectivity index (χ1v) is 12.0. The lowest BCUT2D eigenvalue weighted by Gasteiger charge is -2.29. The van der Waals surface area contributed by atoms with Gasteiger partial charge in [-0.3, -0.25) is 14.4 Å². The van der Waals surface area contributed by atoms with Crippen LogP contribution in [0.4, 0.5) is 5.69 Å². The van der Waals surface area contributed by atoms with Gasteiger partial charge in [0.25, 0.3) is 0 Å². The lowest BCUT2D eigenvalue weighted by atomic mass is 9.83. The maximum absolute atomic E-state index is 13.5. The van der Waals surface area contributed by atoms with Gasteiger partial charge in [0.2, 0.25) is 11.8 Å². The minimum absolute atomic E-state index is 0.172. The van der Waals surface area contributed by atoms with Crippen molar-refractivity contribution in [3.8, 4) is 0 Å². The Morgan fingerprint density at radius 1 is 0.862 bits per heavy atom. The van der Waals surface area contributed by atoms with E-state index in [1.807, 2.05) is 36.4 Å². The average molecular weight is 552 g/mol. The zero-order chi connectivity index (χ0) is 20.3. The fourth-order valence-corrected chi connectivity index (χ4v) is 6.93. The van der Waals surface area contributed by atoms with E-state index in [0.29, 0.717) is 10.7 Å². The summed E-state index contributed by atoms with van der Waals surface area (Å²) < 4.78 is 1.80. The van der Waals surface area contributed by atoms with Gasteiger partial charge in [-0.25, -0.2) is 4.90 Å². The zero-order valence-corrected chi connectivity index (χ0v) is 19.4. The van der Waals surface area contributed by atoms with Gasteiger partial charge < -0.3 is 4.98 Å². The molecule has 2 aromatic carbocycles. The van der Waals surface area contributed by atoms with Gasteiger partial charge in [-0.2, -0.15) is 0 Å². The van der Waals surface area contributed by atoms with Crippen LogP contribution >= 0.6 is 55.0 Å². The summed E-state index contributed by atoms with van der Waals surface area (Å²) in [6.45, 7) is 0. The molecule has 1 fully saturated rings. The van der Waals surface area contributed by atoms with E-state index in [1.54, 1.807) is 12.1 Å². The molecule has 0 spiro atoms. The zero-order valence-electron chi connectivity index (χ0n) is 14.6. The number of halogens is 2. The van der Waals surface area contributed by atoms with Crippen LogP contribution in [0.15, 0.2) is 67.3 Å². The van der Waals surface area contributed by atoms with E-state index in [4.69, 9.17) is 0 Å². The number of nitrogens with one attached hydrogen (secondary N) is 1. The number of rotatable bonds is 2. The molecule has 9 heteroatoms. The van der Waals surface area contributed by atoms with Crippen molar-refractivity contribution in [1.29, 1.82) is 0 Å². The Bertz CT molecular complexity index is 1190. The number of hydrogen-bond donors (Lipinski definition) is 1. The highest BCUT2D eigenvalue weighted by molar-refractivity contribution is 9.10. The molecule has 2 amide bonds. The first-order chi connectivity index (χ1) is 13.9. The fraction of sp³-hybridized carbons (Fsp3) is 0.150. The topological polar surface area (TPSA) is 70.2 Å². The Hall–Kier alpha value is -1.68. The summed E-state index contributed by atoms with van der Waals surface area (Å²) in [4.78, 5) is 43.6. The fourth-order valence-electron chi connectivity index (χ4n) is 3.89. The second-order valence-electron chi connectivity index (χ2n) is 6.79. The van der Waals surface area contributed by atoms with E-state index >= 15 is 0 Å². The van der Waals surface area contributed by atoms with Crippen molar-refractivity contribution in [3.05, 3.63) is 77.6 Å². The van der Waals surface area contributed by atoms with Gasteiger partial charge in [-0.1, -0.05) is 67.1 Å². The molecule has 5 nitrogen and oxygen atoms in total. The first-order valence-electron chi connectivity index (χ1n) is 8.72. The number of aromatic nitrogens is 1. The third-order valence-electron chi connectivity index (χ3n) is 5.14. The summed E-state index contributed by atoms with van der Waals surface area (Å²) in [5, 5.41) is 0.116. The highest BCUT2D eigenvalue weighted by atomic mass is 79.9. The van der Waals surface area contributed by atoms with E-state index in [-0.39, 0.29) is 22.6 Å². The summed E-state index contributed by atoms with van der Waals surface area (Å²) in [6.07, 6.45) is 0. The van der Waals surface area contributed by atoms with Crippen molar-refractivity contribution in [2.45, 2.75) is 16.2 Å². The minimum Gasteiger partial charge on any atom is -0.307 e. The van der Waals surface area contributed by atoms with Crippen LogP contribution in [0.5, 0.6) is 0 Å². The number of carbonyl (C=O) groups excluding carboxylic acids is 2. The molecule has 0 bridgehead atoms. The van der Waals surface area contributed by atoms with Crippen molar-refractivity contribution in [2.24, 2.45) is 5.92 Å². The molecule has 0 radical (unpaired) electrons. The van der Waals surface area contributed by atoms with Crippen LogP contribution in [0.25, 0.3) is 0 Å². The van der Waals surface area contributed by atoms with Crippen LogP contribution < -0.4 is 9.77 Å². The van der Waals surface area contributed by atoms with Gasteiger partial charge in [-0.05, 0) is 42.0 Å². The number of aromatic amines is 1. The molecule has 1 aromatic heterocycles. The van der Waals surface area contributed by atoms with E-state index in [2.05, 4.69) is 36.8 Å². The largest absolute Gasteiger partial charge is 0.307 e. The van der Waals surface area contributed by atoms with Crippen molar-refractivity contribution in [3.63, 3.8) is 0 Å². The lowest BCUT2D eigenvalue weighted by molar-refractivity contribution is -0.122. The summed E-state index contributed by atoms with van der Waals surface area (Å²) in [6, 6.07) is 14.8. The maximum Gasteiger partial charge on any atom is 0.305 e. The average Bonchev–Trinajstić information content (AvgIpc) is 3.19. The Morgan fingerprint density at radius 3 is 2.14 bits per heavy atom. The van der Waals surface area contributed by atoms with Crippen molar-refractivity contribution < 1.29 is 9.59 Å². The molecule has 2 aliphatic rings. The number of nitrogens with zero attached hydrogens (tertiary/aromatic N) is 1. The number of carbonyl (C=O) groups is 2. The van der Waals surface area contributed by atoms with Gasteiger partial charge in [0.05, 0.1) is 16.6 Å². The van der Waals surface area contributed by atoms with Crippen molar-refractivity contribution >= 4 is 72.5 Å². The third kappa shape index (κ3) is 3.15. The van der Waals surface area contributed by atoms with Crippen LogP contribution in [0, 0.1) is 5.92 Å². The Balaban J connectivity index is 1.64. The number of imide groups is 1. The molecular weight excluding hydrogens is 540 g/mol. The van der Waals surface area contributed by atoms with Crippen LogP contribution in [0.3, 0.4) is 0 Å². The lowest BCUT2D eigenvalue weighted by Crippen LogP contribution is -2.32. The molecule has 146 valence electrons. The minimum atomic E-state index is -0.572. The number of hydrogen-bond acceptors (Lipinski definition) is 5. The number of thioether (sulfide) groups is 1. The number of thiazole rings is 1. The Labute approximate surface area is 190 Å². The second-order valence-corrected chi connectivity index (χ2v) is 10.8. The number of fused-ring (bicyclic) bond motifs is 2. The molecule has 2 aliphatic heterocycles. The molecule has 5 rings (SSSR count). The highest BCUT2D eigenvalue weighted by Gasteiger charge is 2.56. The molecule has 3 atom stereocenters. The number of H-pyrrole nitrogens is 1. The molecule has 0 aliphatic carbocycles. The van der Waals surface area contributed by atoms with E-state index in [1.165, 1.54) is 16.7 Å². The van der Waals surface area contributed by atoms with Gasteiger partial charge in [0, 0.05) is 19.7 Å². The molecule has 29 heavy (non-hydrogen) atoms. The molecule has 3 aromatic rings. The van der Waals surface area contributed by atoms with E-state index < -0.39 is 11.2 Å². The first kappa shape index (κ1) is 19.3. The summed E-state index contributed by atoms with van der Waals surface area (Å²) in [7, 11) is 0. The van der Waals surface area contributed by atoms with Crippen molar-refractivity contribution in [2.75, 3.05) is 4.90 Å². The van der Waals surface area contributed by atoms with E-state index in [0.717, 1.165) is 30.7 Å². The monoisotopic (exact) mass is 550 g/mol. The van der Waals surface area contributed by atoms with E-state index in [9.17, 15) is 14.4 Å². The molecule has 1 N–H and O–H groups in total. The smallest absolute Gasteiger partial charge is 0.305 e. The van der Waals surface area contributed by atoms with Gasteiger partial charge >= 0.3 is 4.87 Å². The second kappa shape index (κ2) is 7.23. The SMILES string of the molecule is O=C1[C@H]2[C@H](c3ccc(Br)cc3)c3sc(=O)[nH]c3S[C@H]2C(=O)N1c1ccc(Br)cc1. The predicted molar refractivity (Wildman–Crippen MR) is 121 cm³/mol. The summed E-state index contributed by atoms with van der Waals surface area (Å²) in [5.41, 5.74) is 1.48. The standard InChI is InChI=1S/C20H12Br2N2O3S2/c21-10-3-1-9(2-4-10)13-14-16(28-17-15(13)29-20(27)23-17)19(26)24(18(14)25)12-7-5-11(22)6-8-12/h1-8,13-14,16H,(H,23,27)/t13-,14-,16+/m0/s1. The van der Waals surface area contributed by atoms with Crippen LogP contribution in [0.2, 0.25) is 0 Å². The van der Waals surface area contributed by atoms with Crippen LogP contribution in [-0.2, 0) is 9.59 Å². The van der Waals surface area contributed by atoms with Crippen LogP contribution in [-0.4, -0.2) is 22.0 Å². The molecular formula is C20H12Br2N2O3S2. The van der Waals surface area contributed by atoms with Gasteiger partial charge in [-0.15, -0.1) is 0 Å². The highest BCUT2D eigenvalue weighted by Crippen LogP contribution is 2.53. The predicted octanol–water partition coefficient (Wildman–Crippen LogP) is 4.76. The van der Waals surface area contributed by atoms with Crippen molar-refractivity contribution in [1.82, 2.24) is 4.98 Å². The summed E-state index contributed by atoms with van der Waals surface area (Å²) >= 11 is 9.23. The molecule has 0 unspecified atom stereocenters. The molecule has 0 saturated carbocycles. The summed E-state index contributed by atoms with van der Waals surface area (Å²) in [5.74, 6) is -1.37. The quantitative estimate of drug-likeness (QED) is 0.466. The number of anilines is 1. The van der Waals surface area contributed by atoms with Gasteiger partial charge in [0.15, 0.2) is 0 Å². The number of amides is 2. The van der Waals surface area contributed by atoms with Gasteiger partial charge in [0.1, 0.15) is 5.25 Å². The third-order valence-corrected chi connectivity index (χ3v) is 8.60. The Kier molecular flexibility index (Phi) is 4.81. The molecule has 1 saturated heterocycles. The maximum atomic E-state index is 13.5. The van der Waals surface area contributed by atoms with Crippen LogP contribution in [0.1, 0.15) is 16.4 Å².